The third kappa shape index (κ3) is 4.00. The van der Waals surface area contributed by atoms with Gasteiger partial charge in [-0.2, -0.15) is 10.2 Å². The van der Waals surface area contributed by atoms with E-state index in [1.54, 1.807) is 27.0 Å². The van der Waals surface area contributed by atoms with Crippen molar-refractivity contribution in [3.05, 3.63) is 53.4 Å². The third-order valence-electron chi connectivity index (χ3n) is 3.67. The Hall–Kier alpha value is -3.36. The fourth-order valence-electron chi connectivity index (χ4n) is 2.33. The smallest absolute Gasteiger partial charge is 0.272 e. The number of nitrogens with one attached hydrogen (secondary N) is 3. The largest absolute Gasteiger partial charge is 0.493 e. The number of H-pyrrole nitrogens is 2. The molecule has 1 unspecified atom stereocenters. The summed E-state index contributed by atoms with van der Waals surface area (Å²) in [5.74, 6) is 2.15. The minimum Gasteiger partial charge on any atom is -0.493 e. The molecule has 0 aliphatic heterocycles. The Kier molecular flexibility index (Phi) is 5.16. The van der Waals surface area contributed by atoms with Gasteiger partial charge in [0.15, 0.2) is 17.3 Å². The number of methoxy groups -OCH3 is 1. The van der Waals surface area contributed by atoms with Crippen molar-refractivity contribution in [3.8, 4) is 11.5 Å². The Bertz CT molecular complexity index is 888. The number of carbonyl (C=O) groups excluding carboxylic acids is 1. The summed E-state index contributed by atoms with van der Waals surface area (Å²) in [7, 11) is 1.58. The van der Waals surface area contributed by atoms with Crippen LogP contribution in [0.2, 0.25) is 0 Å². The van der Waals surface area contributed by atoms with Gasteiger partial charge in [0.2, 0.25) is 0 Å². The molecule has 2 aromatic heterocycles. The number of aryl methyl sites for hydroxylation is 1. The van der Waals surface area contributed by atoms with Gasteiger partial charge in [0.25, 0.3) is 5.91 Å². The summed E-state index contributed by atoms with van der Waals surface area (Å²) in [6.45, 7) is 3.84. The minimum atomic E-state index is -0.336. The molecule has 2 heterocycles. The van der Waals surface area contributed by atoms with Crippen LogP contribution in [0.4, 0.5) is 0 Å². The molecule has 1 aromatic carbocycles. The lowest BCUT2D eigenvalue weighted by atomic mass is 10.3. The van der Waals surface area contributed by atoms with Crippen LogP contribution in [-0.2, 0) is 6.61 Å². The van der Waals surface area contributed by atoms with Gasteiger partial charge >= 0.3 is 0 Å². The number of carbonyl (C=O) groups is 1. The molecular weight excluding hydrogens is 336 g/mol. The van der Waals surface area contributed by atoms with Crippen LogP contribution < -0.4 is 14.8 Å². The summed E-state index contributed by atoms with van der Waals surface area (Å²) in [5, 5.41) is 16.4. The van der Waals surface area contributed by atoms with Crippen LogP contribution in [0.15, 0.2) is 30.3 Å². The van der Waals surface area contributed by atoms with Crippen LogP contribution in [0, 0.1) is 6.92 Å². The maximum Gasteiger partial charge on any atom is 0.272 e. The molecule has 0 aliphatic rings. The monoisotopic (exact) mass is 356 g/mol. The fourth-order valence-corrected chi connectivity index (χ4v) is 2.33. The van der Waals surface area contributed by atoms with Gasteiger partial charge in [-0.3, -0.25) is 15.0 Å². The van der Waals surface area contributed by atoms with Gasteiger partial charge in [-0.1, -0.05) is 12.1 Å². The van der Waals surface area contributed by atoms with Gasteiger partial charge in [0.05, 0.1) is 18.8 Å². The Morgan fingerprint density at radius 2 is 2.00 bits per heavy atom. The number of nitrogens with zero attached hydrogens (tertiary/aromatic N) is 3. The molecule has 26 heavy (non-hydrogen) atoms. The van der Waals surface area contributed by atoms with Crippen molar-refractivity contribution in [2.45, 2.75) is 26.5 Å². The van der Waals surface area contributed by atoms with Crippen LogP contribution in [0.25, 0.3) is 0 Å². The molecule has 0 fully saturated rings. The maximum atomic E-state index is 12.3. The molecule has 3 aromatic rings. The number of para-hydroxylation sites is 2. The second-order valence-electron chi connectivity index (χ2n) is 5.69. The molecule has 9 nitrogen and oxygen atoms in total. The lowest BCUT2D eigenvalue weighted by molar-refractivity contribution is 0.0933. The first kappa shape index (κ1) is 17.5. The van der Waals surface area contributed by atoms with Crippen LogP contribution in [-0.4, -0.2) is 38.4 Å². The van der Waals surface area contributed by atoms with Crippen molar-refractivity contribution in [1.82, 2.24) is 30.7 Å². The first-order valence-electron chi connectivity index (χ1n) is 8.06. The molecule has 3 N–H and O–H groups in total. The Morgan fingerprint density at radius 3 is 2.69 bits per heavy atom. The highest BCUT2D eigenvalue weighted by Gasteiger charge is 2.17. The van der Waals surface area contributed by atoms with Crippen molar-refractivity contribution in [3.63, 3.8) is 0 Å². The highest BCUT2D eigenvalue weighted by atomic mass is 16.5. The third-order valence-corrected chi connectivity index (χ3v) is 3.67. The average molecular weight is 356 g/mol. The maximum absolute atomic E-state index is 12.3. The lowest BCUT2D eigenvalue weighted by Crippen LogP contribution is -2.27. The number of aromatic nitrogens is 5. The summed E-state index contributed by atoms with van der Waals surface area (Å²) in [4.78, 5) is 16.5. The van der Waals surface area contributed by atoms with Crippen molar-refractivity contribution in [1.29, 1.82) is 0 Å². The first-order valence-corrected chi connectivity index (χ1v) is 8.06. The van der Waals surface area contributed by atoms with Crippen LogP contribution in [0.1, 0.15) is 40.8 Å². The van der Waals surface area contributed by atoms with E-state index in [0.717, 1.165) is 0 Å². The molecule has 0 spiro atoms. The highest BCUT2D eigenvalue weighted by molar-refractivity contribution is 5.92. The van der Waals surface area contributed by atoms with E-state index in [4.69, 9.17) is 9.47 Å². The molecule has 0 radical (unpaired) electrons. The zero-order valence-electron chi connectivity index (χ0n) is 14.7. The zero-order valence-corrected chi connectivity index (χ0v) is 14.7. The van der Waals surface area contributed by atoms with Gasteiger partial charge in [-0.15, -0.1) is 0 Å². The highest BCUT2D eigenvalue weighted by Crippen LogP contribution is 2.26. The van der Waals surface area contributed by atoms with Gasteiger partial charge < -0.3 is 14.8 Å². The Balaban J connectivity index is 1.59. The number of hydrogen-bond acceptors (Lipinski definition) is 6. The normalized spacial score (nSPS) is 11.8. The van der Waals surface area contributed by atoms with Crippen molar-refractivity contribution >= 4 is 5.91 Å². The predicted octanol–water partition coefficient (Wildman–Crippen LogP) is 1.91. The molecule has 0 saturated carbocycles. The van der Waals surface area contributed by atoms with E-state index < -0.39 is 0 Å². The summed E-state index contributed by atoms with van der Waals surface area (Å²) in [6.07, 6.45) is 0. The first-order chi connectivity index (χ1) is 12.6. The van der Waals surface area contributed by atoms with Crippen molar-refractivity contribution in [2.24, 2.45) is 0 Å². The minimum absolute atomic E-state index is 0.232. The Morgan fingerprint density at radius 1 is 1.23 bits per heavy atom. The second-order valence-corrected chi connectivity index (χ2v) is 5.69. The van der Waals surface area contributed by atoms with Crippen molar-refractivity contribution in [2.75, 3.05) is 7.11 Å². The average Bonchev–Trinajstić information content (AvgIpc) is 3.29. The van der Waals surface area contributed by atoms with E-state index in [0.29, 0.717) is 28.8 Å². The van der Waals surface area contributed by atoms with E-state index in [9.17, 15) is 4.79 Å². The molecule has 9 heteroatoms. The van der Waals surface area contributed by atoms with Crippen molar-refractivity contribution < 1.29 is 14.3 Å². The van der Waals surface area contributed by atoms with E-state index in [2.05, 4.69) is 30.7 Å². The topological polar surface area (TPSA) is 118 Å². The molecule has 1 amide bonds. The number of hydrogen-bond donors (Lipinski definition) is 3. The molecule has 0 bridgehead atoms. The SMILES string of the molecule is COc1ccccc1OCc1cc(C(=O)NC(C)c2n[nH]c(C)n2)n[nH]1. The number of benzene rings is 1. The van der Waals surface area contributed by atoms with Crippen LogP contribution in [0.5, 0.6) is 11.5 Å². The van der Waals surface area contributed by atoms with Crippen LogP contribution in [0.3, 0.4) is 0 Å². The second kappa shape index (κ2) is 7.68. The van der Waals surface area contributed by atoms with Gasteiger partial charge in [-0.25, -0.2) is 4.98 Å². The van der Waals surface area contributed by atoms with Gasteiger partial charge in [0, 0.05) is 0 Å². The van der Waals surface area contributed by atoms with Gasteiger partial charge in [0.1, 0.15) is 18.1 Å². The number of ether oxygens (including phenoxy) is 2. The summed E-state index contributed by atoms with van der Waals surface area (Å²) >= 11 is 0. The van der Waals surface area contributed by atoms with Gasteiger partial charge in [-0.05, 0) is 32.0 Å². The molecule has 1 atom stereocenters. The zero-order chi connectivity index (χ0) is 18.5. The lowest BCUT2D eigenvalue weighted by Gasteiger charge is -2.09. The summed E-state index contributed by atoms with van der Waals surface area (Å²) in [5.41, 5.74) is 0.935. The molecular formula is C17H20N6O3. The Labute approximate surface area is 150 Å². The molecule has 136 valence electrons. The number of rotatable bonds is 7. The van der Waals surface area contributed by atoms with E-state index >= 15 is 0 Å². The predicted molar refractivity (Wildman–Crippen MR) is 92.9 cm³/mol. The molecule has 0 saturated heterocycles. The number of aromatic amines is 2. The summed E-state index contributed by atoms with van der Waals surface area (Å²) < 4.78 is 10.9. The summed E-state index contributed by atoms with van der Waals surface area (Å²) in [6, 6.07) is 8.64. The van der Waals surface area contributed by atoms with E-state index in [1.807, 2.05) is 24.3 Å². The number of amides is 1. The van der Waals surface area contributed by atoms with Crippen LogP contribution >= 0.6 is 0 Å². The molecule has 0 aliphatic carbocycles. The standard InChI is InChI=1S/C17H20N6O3/c1-10(16-19-11(2)20-23-16)18-17(24)13-8-12(21-22-13)9-26-15-7-5-4-6-14(15)25-3/h4-8,10H,9H2,1-3H3,(H,18,24)(H,21,22)(H,19,20,23). The van der Waals surface area contributed by atoms with E-state index in [1.165, 1.54) is 0 Å². The quantitative estimate of drug-likeness (QED) is 0.595. The fraction of sp³-hybridized carbons (Fsp3) is 0.294. The molecule has 3 rings (SSSR count). The van der Waals surface area contributed by atoms with E-state index in [-0.39, 0.29) is 24.2 Å².